The Morgan fingerprint density at radius 3 is 2.81 bits per heavy atom. The van der Waals surface area contributed by atoms with Gasteiger partial charge in [0.1, 0.15) is 11.5 Å². The largest absolute Gasteiger partial charge is 0.455 e. The van der Waals surface area contributed by atoms with E-state index in [1.807, 2.05) is 6.92 Å². The quantitative estimate of drug-likeness (QED) is 0.825. The molecule has 4 nitrogen and oxygen atoms in total. The standard InChI is InChI=1S/C16H17ClN2O2/c1-2-8-19-16(20)11-4-3-5-13(9-11)21-15-7-6-12(17)10-14(15)18/h3-7,9-10H,2,8,18H2,1H3,(H,19,20). The van der Waals surface area contributed by atoms with E-state index in [0.29, 0.717) is 34.3 Å². The van der Waals surface area contributed by atoms with Gasteiger partial charge in [-0.25, -0.2) is 0 Å². The number of ether oxygens (including phenoxy) is 1. The van der Waals surface area contributed by atoms with Crippen molar-refractivity contribution in [2.75, 3.05) is 12.3 Å². The number of benzene rings is 2. The molecule has 3 N–H and O–H groups in total. The second-order valence-corrected chi connectivity index (χ2v) is 5.00. The Morgan fingerprint density at radius 1 is 1.29 bits per heavy atom. The molecule has 0 aliphatic rings. The van der Waals surface area contributed by atoms with Gasteiger partial charge in [0.2, 0.25) is 0 Å². The zero-order chi connectivity index (χ0) is 15.2. The summed E-state index contributed by atoms with van der Waals surface area (Å²) in [6.45, 7) is 2.65. The first-order valence-electron chi connectivity index (χ1n) is 6.71. The Labute approximate surface area is 128 Å². The van der Waals surface area contributed by atoms with Gasteiger partial charge in [-0.3, -0.25) is 4.79 Å². The van der Waals surface area contributed by atoms with Gasteiger partial charge < -0.3 is 15.8 Å². The third-order valence-electron chi connectivity index (χ3n) is 2.83. The summed E-state index contributed by atoms with van der Waals surface area (Å²) < 4.78 is 5.70. The summed E-state index contributed by atoms with van der Waals surface area (Å²) in [6.07, 6.45) is 0.892. The fourth-order valence-corrected chi connectivity index (χ4v) is 1.96. The molecule has 2 rings (SSSR count). The first kappa shape index (κ1) is 15.2. The van der Waals surface area contributed by atoms with Crippen LogP contribution in [0, 0.1) is 0 Å². The second kappa shape index (κ2) is 6.99. The van der Waals surface area contributed by atoms with E-state index in [9.17, 15) is 4.79 Å². The van der Waals surface area contributed by atoms with E-state index in [4.69, 9.17) is 22.1 Å². The average Bonchev–Trinajstić information content (AvgIpc) is 2.48. The molecule has 0 bridgehead atoms. The maximum atomic E-state index is 11.9. The molecule has 0 unspecified atom stereocenters. The van der Waals surface area contributed by atoms with Crippen LogP contribution in [0.5, 0.6) is 11.5 Å². The summed E-state index contributed by atoms with van der Waals surface area (Å²) in [5.41, 5.74) is 6.84. The first-order chi connectivity index (χ1) is 10.1. The Bertz CT molecular complexity index is 644. The number of rotatable bonds is 5. The molecule has 0 heterocycles. The van der Waals surface area contributed by atoms with Gasteiger partial charge in [-0.1, -0.05) is 24.6 Å². The van der Waals surface area contributed by atoms with Crippen molar-refractivity contribution in [2.45, 2.75) is 13.3 Å². The maximum Gasteiger partial charge on any atom is 0.251 e. The zero-order valence-corrected chi connectivity index (χ0v) is 12.5. The summed E-state index contributed by atoms with van der Waals surface area (Å²) in [4.78, 5) is 11.9. The lowest BCUT2D eigenvalue weighted by Crippen LogP contribution is -2.23. The normalized spacial score (nSPS) is 10.2. The molecule has 2 aromatic rings. The van der Waals surface area contributed by atoms with Gasteiger partial charge in [0.15, 0.2) is 0 Å². The van der Waals surface area contributed by atoms with Crippen LogP contribution in [0.2, 0.25) is 5.02 Å². The third kappa shape index (κ3) is 4.13. The van der Waals surface area contributed by atoms with E-state index >= 15 is 0 Å². The van der Waals surface area contributed by atoms with Gasteiger partial charge in [-0.2, -0.15) is 0 Å². The molecule has 0 saturated carbocycles. The molecule has 21 heavy (non-hydrogen) atoms. The topological polar surface area (TPSA) is 64.3 Å². The molecule has 2 aromatic carbocycles. The van der Waals surface area contributed by atoms with Crippen molar-refractivity contribution >= 4 is 23.2 Å². The lowest BCUT2D eigenvalue weighted by molar-refractivity contribution is 0.0953. The fourth-order valence-electron chi connectivity index (χ4n) is 1.78. The summed E-state index contributed by atoms with van der Waals surface area (Å²) in [7, 11) is 0. The van der Waals surface area contributed by atoms with Crippen molar-refractivity contribution < 1.29 is 9.53 Å². The van der Waals surface area contributed by atoms with E-state index in [1.54, 1.807) is 42.5 Å². The lowest BCUT2D eigenvalue weighted by atomic mass is 10.2. The van der Waals surface area contributed by atoms with Crippen LogP contribution in [0.25, 0.3) is 0 Å². The lowest BCUT2D eigenvalue weighted by Gasteiger charge is -2.10. The van der Waals surface area contributed by atoms with Crippen molar-refractivity contribution in [1.29, 1.82) is 0 Å². The van der Waals surface area contributed by atoms with Crippen LogP contribution in [-0.2, 0) is 0 Å². The Hall–Kier alpha value is -2.20. The van der Waals surface area contributed by atoms with E-state index in [0.717, 1.165) is 6.42 Å². The molecule has 0 fully saturated rings. The Balaban J connectivity index is 2.15. The minimum atomic E-state index is -0.119. The van der Waals surface area contributed by atoms with Crippen LogP contribution in [0.15, 0.2) is 42.5 Å². The molecule has 5 heteroatoms. The SMILES string of the molecule is CCCNC(=O)c1cccc(Oc2ccc(Cl)cc2N)c1. The average molecular weight is 305 g/mol. The number of carbonyl (C=O) groups excluding carboxylic acids is 1. The predicted octanol–water partition coefficient (Wildman–Crippen LogP) is 3.85. The highest BCUT2D eigenvalue weighted by atomic mass is 35.5. The highest BCUT2D eigenvalue weighted by Gasteiger charge is 2.08. The van der Waals surface area contributed by atoms with Crippen molar-refractivity contribution in [3.8, 4) is 11.5 Å². The van der Waals surface area contributed by atoms with Gasteiger partial charge in [-0.15, -0.1) is 0 Å². The van der Waals surface area contributed by atoms with Crippen LogP contribution in [0.3, 0.4) is 0 Å². The smallest absolute Gasteiger partial charge is 0.251 e. The van der Waals surface area contributed by atoms with Crippen molar-refractivity contribution in [3.05, 3.63) is 53.1 Å². The number of nitrogens with two attached hydrogens (primary N) is 1. The zero-order valence-electron chi connectivity index (χ0n) is 11.7. The minimum absolute atomic E-state index is 0.119. The molecule has 1 amide bonds. The number of amides is 1. The van der Waals surface area contributed by atoms with Gasteiger partial charge in [0, 0.05) is 17.1 Å². The van der Waals surface area contributed by atoms with Crippen LogP contribution < -0.4 is 15.8 Å². The van der Waals surface area contributed by atoms with Gasteiger partial charge in [-0.05, 0) is 42.8 Å². The van der Waals surface area contributed by atoms with Crippen molar-refractivity contribution in [2.24, 2.45) is 0 Å². The van der Waals surface area contributed by atoms with Gasteiger partial charge in [0.05, 0.1) is 5.69 Å². The monoisotopic (exact) mass is 304 g/mol. The molecular formula is C16H17ClN2O2. The van der Waals surface area contributed by atoms with E-state index in [2.05, 4.69) is 5.32 Å². The van der Waals surface area contributed by atoms with Gasteiger partial charge in [0.25, 0.3) is 5.91 Å². The fraction of sp³-hybridized carbons (Fsp3) is 0.188. The highest BCUT2D eigenvalue weighted by Crippen LogP contribution is 2.30. The van der Waals surface area contributed by atoms with Gasteiger partial charge >= 0.3 is 0 Å². The molecule has 0 saturated heterocycles. The number of nitrogen functional groups attached to an aromatic ring is 1. The number of anilines is 1. The number of nitrogens with one attached hydrogen (secondary N) is 1. The molecule has 110 valence electrons. The molecular weight excluding hydrogens is 288 g/mol. The Morgan fingerprint density at radius 2 is 2.10 bits per heavy atom. The predicted molar refractivity (Wildman–Crippen MR) is 85.0 cm³/mol. The number of hydrogen-bond acceptors (Lipinski definition) is 3. The van der Waals surface area contributed by atoms with E-state index < -0.39 is 0 Å². The summed E-state index contributed by atoms with van der Waals surface area (Å²) in [5, 5.41) is 3.37. The summed E-state index contributed by atoms with van der Waals surface area (Å²) in [6, 6.07) is 12.0. The highest BCUT2D eigenvalue weighted by molar-refractivity contribution is 6.30. The molecule has 0 radical (unpaired) electrons. The minimum Gasteiger partial charge on any atom is -0.455 e. The van der Waals surface area contributed by atoms with Crippen LogP contribution >= 0.6 is 11.6 Å². The summed E-state index contributed by atoms with van der Waals surface area (Å²) >= 11 is 5.85. The Kier molecular flexibility index (Phi) is 5.06. The number of halogens is 1. The molecule has 0 atom stereocenters. The van der Waals surface area contributed by atoms with Crippen molar-refractivity contribution in [3.63, 3.8) is 0 Å². The second-order valence-electron chi connectivity index (χ2n) is 4.57. The number of hydrogen-bond donors (Lipinski definition) is 2. The first-order valence-corrected chi connectivity index (χ1v) is 7.09. The van der Waals surface area contributed by atoms with Crippen LogP contribution in [0.1, 0.15) is 23.7 Å². The molecule has 0 aliphatic carbocycles. The van der Waals surface area contributed by atoms with Crippen molar-refractivity contribution in [1.82, 2.24) is 5.32 Å². The summed E-state index contributed by atoms with van der Waals surface area (Å²) in [5.74, 6) is 0.935. The third-order valence-corrected chi connectivity index (χ3v) is 3.07. The van der Waals surface area contributed by atoms with Crippen LogP contribution in [0.4, 0.5) is 5.69 Å². The number of carbonyl (C=O) groups is 1. The molecule has 0 spiro atoms. The maximum absolute atomic E-state index is 11.9. The molecule has 0 aliphatic heterocycles. The van der Waals surface area contributed by atoms with E-state index in [-0.39, 0.29) is 5.91 Å². The molecule has 0 aromatic heterocycles. The van der Waals surface area contributed by atoms with E-state index in [1.165, 1.54) is 0 Å². The van der Waals surface area contributed by atoms with Crippen LogP contribution in [-0.4, -0.2) is 12.5 Å².